The van der Waals surface area contributed by atoms with E-state index in [1.165, 1.54) is 4.90 Å². The normalized spacial score (nSPS) is 13.6. The molecule has 0 fully saturated rings. The lowest BCUT2D eigenvalue weighted by Gasteiger charge is -2.16. The molecule has 5 nitrogen and oxygen atoms in total. The van der Waals surface area contributed by atoms with Crippen molar-refractivity contribution < 1.29 is 14.3 Å². The SMILES string of the molecule is CCOc1ccc(C2=C(Nc3cccc(Cl)c3C)C(=O)N(CCc3ccccc3)C2=O)cc1. The number of anilines is 1. The Morgan fingerprint density at radius 1 is 0.909 bits per heavy atom. The molecule has 0 saturated carbocycles. The number of carbonyl (C=O) groups is 2. The molecule has 0 aromatic heterocycles. The number of ether oxygens (including phenoxy) is 1. The molecule has 168 valence electrons. The van der Waals surface area contributed by atoms with Crippen LogP contribution in [-0.2, 0) is 16.0 Å². The van der Waals surface area contributed by atoms with Crippen LogP contribution < -0.4 is 10.1 Å². The summed E-state index contributed by atoms with van der Waals surface area (Å²) in [5.41, 5.74) is 3.81. The molecule has 0 atom stereocenters. The van der Waals surface area contributed by atoms with Crippen LogP contribution in [0.1, 0.15) is 23.6 Å². The van der Waals surface area contributed by atoms with Crippen molar-refractivity contribution >= 4 is 34.7 Å². The number of carbonyl (C=O) groups excluding carboxylic acids is 2. The van der Waals surface area contributed by atoms with E-state index in [2.05, 4.69) is 5.32 Å². The Bertz CT molecular complexity index is 1200. The first-order valence-electron chi connectivity index (χ1n) is 10.9. The predicted octanol–water partition coefficient (Wildman–Crippen LogP) is 5.48. The quantitative estimate of drug-likeness (QED) is 0.452. The van der Waals surface area contributed by atoms with E-state index in [4.69, 9.17) is 16.3 Å². The molecule has 0 saturated heterocycles. The van der Waals surface area contributed by atoms with E-state index in [0.717, 1.165) is 11.1 Å². The number of hydrogen-bond acceptors (Lipinski definition) is 4. The number of nitrogens with one attached hydrogen (secondary N) is 1. The molecule has 3 aromatic carbocycles. The highest BCUT2D eigenvalue weighted by molar-refractivity contribution is 6.36. The van der Waals surface area contributed by atoms with Gasteiger partial charge >= 0.3 is 0 Å². The fourth-order valence-electron chi connectivity index (χ4n) is 3.81. The summed E-state index contributed by atoms with van der Waals surface area (Å²) in [6.45, 7) is 4.63. The van der Waals surface area contributed by atoms with E-state index in [1.807, 2.05) is 56.3 Å². The van der Waals surface area contributed by atoms with Crippen molar-refractivity contribution in [1.82, 2.24) is 4.90 Å². The van der Waals surface area contributed by atoms with Crippen LogP contribution in [0.15, 0.2) is 78.5 Å². The molecule has 0 bridgehead atoms. The molecule has 33 heavy (non-hydrogen) atoms. The van der Waals surface area contributed by atoms with Crippen LogP contribution in [0.3, 0.4) is 0 Å². The first-order chi connectivity index (χ1) is 16.0. The Balaban J connectivity index is 1.69. The second-order valence-corrected chi connectivity index (χ2v) is 8.15. The molecule has 3 aromatic rings. The summed E-state index contributed by atoms with van der Waals surface area (Å²) in [4.78, 5) is 28.2. The highest BCUT2D eigenvalue weighted by Crippen LogP contribution is 2.33. The standard InChI is InChI=1S/C27H25ClN2O3/c1-3-33-21-14-12-20(13-15-21)24-25(29-23-11-7-10-22(28)18(23)2)27(32)30(26(24)31)17-16-19-8-5-4-6-9-19/h4-15,29H,3,16-17H2,1-2H3. The highest BCUT2D eigenvalue weighted by atomic mass is 35.5. The predicted molar refractivity (Wildman–Crippen MR) is 131 cm³/mol. The van der Waals surface area contributed by atoms with Crippen molar-refractivity contribution in [2.45, 2.75) is 20.3 Å². The average molecular weight is 461 g/mol. The van der Waals surface area contributed by atoms with Gasteiger partial charge in [0.05, 0.1) is 12.2 Å². The second-order valence-electron chi connectivity index (χ2n) is 7.74. The second kappa shape index (κ2) is 9.92. The minimum atomic E-state index is -0.348. The van der Waals surface area contributed by atoms with Gasteiger partial charge in [0.25, 0.3) is 11.8 Å². The van der Waals surface area contributed by atoms with Crippen LogP contribution in [0, 0.1) is 6.92 Å². The molecule has 0 unspecified atom stereocenters. The number of amides is 2. The smallest absolute Gasteiger partial charge is 0.278 e. The Labute approximate surface area is 198 Å². The van der Waals surface area contributed by atoms with Crippen molar-refractivity contribution in [1.29, 1.82) is 0 Å². The monoisotopic (exact) mass is 460 g/mol. The first-order valence-corrected chi connectivity index (χ1v) is 11.3. The van der Waals surface area contributed by atoms with Crippen LogP contribution in [0.2, 0.25) is 5.02 Å². The Morgan fingerprint density at radius 3 is 2.33 bits per heavy atom. The van der Waals surface area contributed by atoms with Crippen molar-refractivity contribution in [2.75, 3.05) is 18.5 Å². The van der Waals surface area contributed by atoms with E-state index >= 15 is 0 Å². The molecule has 1 aliphatic heterocycles. The summed E-state index contributed by atoms with van der Waals surface area (Å²) in [6.07, 6.45) is 0.582. The zero-order valence-electron chi connectivity index (χ0n) is 18.6. The maximum atomic E-state index is 13.5. The topological polar surface area (TPSA) is 58.6 Å². The average Bonchev–Trinajstić information content (AvgIpc) is 3.06. The molecule has 4 rings (SSSR count). The molecule has 0 spiro atoms. The number of imide groups is 1. The van der Waals surface area contributed by atoms with Crippen LogP contribution in [0.5, 0.6) is 5.75 Å². The number of rotatable bonds is 8. The number of hydrogen-bond donors (Lipinski definition) is 1. The van der Waals surface area contributed by atoms with Gasteiger partial charge in [0.2, 0.25) is 0 Å². The maximum absolute atomic E-state index is 13.5. The first kappa shape index (κ1) is 22.6. The van der Waals surface area contributed by atoms with Crippen molar-refractivity contribution in [2.24, 2.45) is 0 Å². The summed E-state index contributed by atoms with van der Waals surface area (Å²) >= 11 is 6.28. The van der Waals surface area contributed by atoms with Gasteiger partial charge in [-0.25, -0.2) is 0 Å². The third-order valence-electron chi connectivity index (χ3n) is 5.62. The number of nitrogens with zero attached hydrogens (tertiary/aromatic N) is 1. The van der Waals surface area contributed by atoms with E-state index in [0.29, 0.717) is 47.2 Å². The van der Waals surface area contributed by atoms with Crippen LogP contribution in [0.4, 0.5) is 5.69 Å². The summed E-state index contributed by atoms with van der Waals surface area (Å²) in [5.74, 6) is 0.0428. The molecular formula is C27H25ClN2O3. The summed E-state index contributed by atoms with van der Waals surface area (Å²) < 4.78 is 5.52. The van der Waals surface area contributed by atoms with E-state index in [-0.39, 0.29) is 17.5 Å². The fraction of sp³-hybridized carbons (Fsp3) is 0.185. The Morgan fingerprint density at radius 2 is 1.64 bits per heavy atom. The van der Waals surface area contributed by atoms with Crippen molar-refractivity contribution in [3.8, 4) is 5.75 Å². The molecule has 1 heterocycles. The zero-order valence-corrected chi connectivity index (χ0v) is 19.4. The van der Waals surface area contributed by atoms with Gasteiger partial charge in [0, 0.05) is 17.3 Å². The molecule has 0 aliphatic carbocycles. The number of benzene rings is 3. The Hall–Kier alpha value is -3.57. The van der Waals surface area contributed by atoms with Gasteiger partial charge in [-0.1, -0.05) is 60.1 Å². The van der Waals surface area contributed by atoms with Gasteiger partial charge in [0.1, 0.15) is 11.4 Å². The lowest BCUT2D eigenvalue weighted by Crippen LogP contribution is -2.34. The molecule has 2 amide bonds. The van der Waals surface area contributed by atoms with Gasteiger partial charge in [-0.15, -0.1) is 0 Å². The maximum Gasteiger partial charge on any atom is 0.278 e. The molecule has 1 aliphatic rings. The van der Waals surface area contributed by atoms with Crippen LogP contribution in [0.25, 0.3) is 5.57 Å². The highest BCUT2D eigenvalue weighted by Gasteiger charge is 2.39. The lowest BCUT2D eigenvalue weighted by atomic mass is 10.0. The molecular weight excluding hydrogens is 436 g/mol. The molecule has 0 radical (unpaired) electrons. The van der Waals surface area contributed by atoms with Gasteiger partial charge in [-0.3, -0.25) is 14.5 Å². The van der Waals surface area contributed by atoms with Crippen LogP contribution >= 0.6 is 11.6 Å². The largest absolute Gasteiger partial charge is 0.494 e. The molecule has 1 N–H and O–H groups in total. The minimum absolute atomic E-state index is 0.252. The minimum Gasteiger partial charge on any atom is -0.494 e. The van der Waals surface area contributed by atoms with Gasteiger partial charge in [-0.2, -0.15) is 0 Å². The molecule has 6 heteroatoms. The van der Waals surface area contributed by atoms with E-state index < -0.39 is 0 Å². The zero-order chi connectivity index (χ0) is 23.4. The van der Waals surface area contributed by atoms with Gasteiger partial charge in [0.15, 0.2) is 0 Å². The van der Waals surface area contributed by atoms with Gasteiger partial charge in [-0.05, 0) is 61.2 Å². The third kappa shape index (κ3) is 4.78. The number of halogens is 1. The van der Waals surface area contributed by atoms with Crippen molar-refractivity contribution in [3.05, 3.63) is 100 Å². The summed E-state index contributed by atoms with van der Waals surface area (Å²) in [5, 5.41) is 3.78. The fourth-order valence-corrected chi connectivity index (χ4v) is 3.99. The van der Waals surface area contributed by atoms with Gasteiger partial charge < -0.3 is 10.1 Å². The lowest BCUT2D eigenvalue weighted by molar-refractivity contribution is -0.136. The van der Waals surface area contributed by atoms with E-state index in [1.54, 1.807) is 30.3 Å². The third-order valence-corrected chi connectivity index (χ3v) is 6.03. The van der Waals surface area contributed by atoms with Crippen molar-refractivity contribution in [3.63, 3.8) is 0 Å². The summed E-state index contributed by atoms with van der Waals surface area (Å²) in [6, 6.07) is 22.5. The summed E-state index contributed by atoms with van der Waals surface area (Å²) in [7, 11) is 0. The Kier molecular flexibility index (Phi) is 6.80. The van der Waals surface area contributed by atoms with Crippen LogP contribution in [-0.4, -0.2) is 29.9 Å². The van der Waals surface area contributed by atoms with E-state index in [9.17, 15) is 9.59 Å².